The molecule has 3 N–H and O–H groups in total. The largest absolute Gasteiger partial charge is 0.508 e. The summed E-state index contributed by atoms with van der Waals surface area (Å²) >= 11 is 0. The van der Waals surface area contributed by atoms with Crippen LogP contribution in [0.4, 0.5) is 4.79 Å². The summed E-state index contributed by atoms with van der Waals surface area (Å²) in [5, 5.41) is 33.4. The van der Waals surface area contributed by atoms with Crippen molar-refractivity contribution in [2.45, 2.75) is 59.0 Å². The van der Waals surface area contributed by atoms with Crippen molar-refractivity contribution in [2.24, 2.45) is 5.92 Å². The lowest BCUT2D eigenvalue weighted by atomic mass is 9.94. The molecule has 14 nitrogen and oxygen atoms in total. The van der Waals surface area contributed by atoms with Crippen molar-refractivity contribution in [3.05, 3.63) is 89.9 Å². The highest BCUT2D eigenvalue weighted by atomic mass is 16.6. The number of phenolic OH excluding ortho intramolecular Hbond substituents is 2. The van der Waals surface area contributed by atoms with E-state index in [1.54, 1.807) is 27.8 Å². The molecule has 0 saturated carbocycles. The van der Waals surface area contributed by atoms with Crippen molar-refractivity contribution >= 4 is 28.8 Å². The number of carbonyl (C=O) groups is 3. The first-order valence-corrected chi connectivity index (χ1v) is 19.2. The van der Waals surface area contributed by atoms with Gasteiger partial charge < -0.3 is 30.1 Å². The molecule has 2 aliphatic rings. The Kier molecular flexibility index (Phi) is 11.2. The van der Waals surface area contributed by atoms with Crippen LogP contribution in [-0.4, -0.2) is 108 Å². The summed E-state index contributed by atoms with van der Waals surface area (Å²) in [6.45, 7) is 11.6. The Hall–Kier alpha value is -6.02. The number of pyridine rings is 1. The van der Waals surface area contributed by atoms with Crippen molar-refractivity contribution in [1.82, 2.24) is 39.8 Å². The van der Waals surface area contributed by atoms with Crippen LogP contribution in [0.15, 0.2) is 72.9 Å². The lowest BCUT2D eigenvalue weighted by Crippen LogP contribution is -2.57. The van der Waals surface area contributed by atoms with Crippen LogP contribution in [0.25, 0.3) is 28.0 Å². The number of hydrogen-bond donors (Lipinski definition) is 3. The highest BCUT2D eigenvalue weighted by Gasteiger charge is 2.35. The molecule has 2 saturated heterocycles. The molecule has 0 radical (unpaired) electrons. The van der Waals surface area contributed by atoms with E-state index in [0.29, 0.717) is 55.3 Å². The summed E-state index contributed by atoms with van der Waals surface area (Å²) in [5.74, 6) is 0.283. The van der Waals surface area contributed by atoms with Crippen LogP contribution in [0.1, 0.15) is 68.2 Å². The number of carbonyl (C=O) groups excluding carboxylic acids is 3. The van der Waals surface area contributed by atoms with Crippen LogP contribution in [0.5, 0.6) is 17.2 Å². The fourth-order valence-electron chi connectivity index (χ4n) is 7.67. The molecule has 0 aliphatic carbocycles. The zero-order valence-corrected chi connectivity index (χ0v) is 32.2. The molecular formula is C42H48N8O6. The predicted molar refractivity (Wildman–Crippen MR) is 211 cm³/mol. The lowest BCUT2D eigenvalue weighted by Gasteiger charge is -2.41. The van der Waals surface area contributed by atoms with Gasteiger partial charge in [0.05, 0.1) is 11.1 Å². The second-order valence-corrected chi connectivity index (χ2v) is 14.9. The molecule has 7 rings (SSSR count). The van der Waals surface area contributed by atoms with E-state index in [1.807, 2.05) is 81.1 Å². The molecule has 2 fully saturated rings. The molecule has 3 aromatic carbocycles. The van der Waals surface area contributed by atoms with Gasteiger partial charge in [-0.2, -0.15) is 0 Å². The van der Waals surface area contributed by atoms with E-state index >= 15 is 0 Å². The van der Waals surface area contributed by atoms with Gasteiger partial charge in [-0.05, 0) is 93.2 Å². The SMILES string of the molecule is CCNC(=O)c1nnc(-c2cc(C(C)C)c(O)cc2O)n1-c1ccc(CN2CCC(C(=O)N3CCN(C(=O)Oc4ccnc5ccccc45)C(C)C3)CC2)cc1. The zero-order valence-electron chi connectivity index (χ0n) is 32.2. The van der Waals surface area contributed by atoms with Crippen LogP contribution in [0.3, 0.4) is 0 Å². The van der Waals surface area contributed by atoms with E-state index < -0.39 is 12.0 Å². The van der Waals surface area contributed by atoms with Crippen molar-refractivity contribution in [3.8, 4) is 34.3 Å². The minimum Gasteiger partial charge on any atom is -0.508 e. The van der Waals surface area contributed by atoms with Crippen LogP contribution < -0.4 is 10.1 Å². The molecule has 2 aromatic heterocycles. The number of aromatic nitrogens is 4. The van der Waals surface area contributed by atoms with E-state index in [4.69, 9.17) is 4.74 Å². The van der Waals surface area contributed by atoms with Gasteiger partial charge in [0.2, 0.25) is 11.7 Å². The van der Waals surface area contributed by atoms with Crippen LogP contribution in [-0.2, 0) is 11.3 Å². The number of nitrogens with one attached hydrogen (secondary N) is 1. The van der Waals surface area contributed by atoms with Gasteiger partial charge in [0.15, 0.2) is 5.82 Å². The van der Waals surface area contributed by atoms with Gasteiger partial charge in [0.25, 0.3) is 5.91 Å². The molecule has 0 spiro atoms. The zero-order chi connectivity index (χ0) is 39.5. The third-order valence-electron chi connectivity index (χ3n) is 10.7. The summed E-state index contributed by atoms with van der Waals surface area (Å²) < 4.78 is 7.42. The molecule has 3 amide bonds. The standard InChI is InChI=1S/C42H48N8O6/c1-5-43-40(53)39-46-45-38(33-22-32(26(2)3)35(51)23-36(33)52)50(39)30-12-10-28(11-13-30)25-47-18-15-29(16-19-47)41(54)48-20-21-49(27(4)24-48)42(55)56-37-14-17-44-34-9-7-6-8-31(34)37/h6-14,17,22-23,26-27,29,51-52H,5,15-16,18-21,24-25H2,1-4H3,(H,43,53). The Bertz CT molecular complexity index is 2230. The Labute approximate surface area is 325 Å². The predicted octanol–water partition coefficient (Wildman–Crippen LogP) is 5.71. The van der Waals surface area contributed by atoms with Gasteiger partial charge in [0, 0.05) is 68.0 Å². The number of ether oxygens (including phenoxy) is 1. The number of para-hydroxylation sites is 1. The number of piperidine rings is 1. The molecular weight excluding hydrogens is 713 g/mol. The molecule has 0 bridgehead atoms. The third kappa shape index (κ3) is 7.87. The minimum absolute atomic E-state index is 0.0164. The number of nitrogens with zero attached hydrogens (tertiary/aromatic N) is 7. The summed E-state index contributed by atoms with van der Waals surface area (Å²) in [4.78, 5) is 50.2. The topological polar surface area (TPSA) is 166 Å². The minimum atomic E-state index is -0.427. The third-order valence-corrected chi connectivity index (χ3v) is 10.7. The summed E-state index contributed by atoms with van der Waals surface area (Å²) in [5.41, 5.74) is 3.46. The molecule has 5 aromatic rings. The first kappa shape index (κ1) is 38.3. The van der Waals surface area contributed by atoms with E-state index in [2.05, 4.69) is 25.4 Å². The number of rotatable bonds is 9. The second kappa shape index (κ2) is 16.4. The Morgan fingerprint density at radius 1 is 0.929 bits per heavy atom. The number of benzene rings is 3. The maximum atomic E-state index is 13.7. The maximum absolute atomic E-state index is 13.7. The molecule has 1 unspecified atom stereocenters. The molecule has 14 heteroatoms. The highest BCUT2D eigenvalue weighted by molar-refractivity contribution is 5.92. The number of amides is 3. The van der Waals surface area contributed by atoms with Gasteiger partial charge in [-0.1, -0.05) is 38.1 Å². The van der Waals surface area contributed by atoms with E-state index in [9.17, 15) is 24.6 Å². The number of hydrogen-bond acceptors (Lipinski definition) is 10. The lowest BCUT2D eigenvalue weighted by molar-refractivity contribution is -0.139. The van der Waals surface area contributed by atoms with Crippen LogP contribution in [0.2, 0.25) is 0 Å². The van der Waals surface area contributed by atoms with Crippen molar-refractivity contribution in [3.63, 3.8) is 0 Å². The van der Waals surface area contributed by atoms with Gasteiger partial charge in [-0.15, -0.1) is 10.2 Å². The smallest absolute Gasteiger partial charge is 0.415 e. The number of phenols is 2. The van der Waals surface area contributed by atoms with Gasteiger partial charge >= 0.3 is 6.09 Å². The first-order chi connectivity index (χ1) is 27.0. The summed E-state index contributed by atoms with van der Waals surface area (Å²) in [6.07, 6.45) is 2.70. The van der Waals surface area contributed by atoms with Crippen molar-refractivity contribution in [1.29, 1.82) is 0 Å². The van der Waals surface area contributed by atoms with E-state index in [-0.39, 0.29) is 46.9 Å². The van der Waals surface area contributed by atoms with E-state index in [0.717, 1.165) is 42.4 Å². The first-order valence-electron chi connectivity index (χ1n) is 19.2. The normalized spacial score (nSPS) is 16.7. The average Bonchev–Trinajstić information content (AvgIpc) is 3.63. The summed E-state index contributed by atoms with van der Waals surface area (Å²) in [7, 11) is 0. The van der Waals surface area contributed by atoms with Gasteiger partial charge in [-0.3, -0.25) is 24.0 Å². The van der Waals surface area contributed by atoms with Gasteiger partial charge in [0.1, 0.15) is 17.2 Å². The fraction of sp³-hybridized carbons (Fsp3) is 0.381. The van der Waals surface area contributed by atoms with Crippen LogP contribution in [0, 0.1) is 5.92 Å². The number of fused-ring (bicyclic) bond motifs is 1. The molecule has 292 valence electrons. The number of likely N-dealkylation sites (tertiary alicyclic amines) is 1. The number of piperazine rings is 1. The quantitative estimate of drug-likeness (QED) is 0.169. The Morgan fingerprint density at radius 2 is 1.68 bits per heavy atom. The summed E-state index contributed by atoms with van der Waals surface area (Å²) in [6, 6.07) is 19.8. The molecule has 56 heavy (non-hydrogen) atoms. The van der Waals surface area contributed by atoms with Crippen LogP contribution >= 0.6 is 0 Å². The van der Waals surface area contributed by atoms with Crippen molar-refractivity contribution in [2.75, 3.05) is 39.3 Å². The molecule has 4 heterocycles. The fourth-order valence-corrected chi connectivity index (χ4v) is 7.67. The Morgan fingerprint density at radius 3 is 2.39 bits per heavy atom. The monoisotopic (exact) mass is 760 g/mol. The Balaban J connectivity index is 0.961. The van der Waals surface area contributed by atoms with Gasteiger partial charge in [-0.25, -0.2) is 4.79 Å². The average molecular weight is 761 g/mol. The second-order valence-electron chi connectivity index (χ2n) is 14.9. The van der Waals surface area contributed by atoms with E-state index in [1.165, 1.54) is 6.07 Å². The van der Waals surface area contributed by atoms with Crippen molar-refractivity contribution < 1.29 is 29.3 Å². The maximum Gasteiger partial charge on any atom is 0.415 e. The highest BCUT2D eigenvalue weighted by Crippen LogP contribution is 2.38. The molecule has 1 atom stereocenters. The molecule has 2 aliphatic heterocycles. The number of aromatic hydroxyl groups is 2.